The molecule has 2 atom stereocenters. The van der Waals surface area contributed by atoms with Crippen LogP contribution in [0.4, 0.5) is 0 Å². The molecular weight excluding hydrogens is 250 g/mol. The van der Waals surface area contributed by atoms with Gasteiger partial charge in [-0.3, -0.25) is 0 Å². The number of rotatable bonds is 9. The summed E-state index contributed by atoms with van der Waals surface area (Å²) in [5, 5.41) is 4.33. The molecule has 0 heterocycles. The van der Waals surface area contributed by atoms with Crippen LogP contribution in [0, 0.1) is 5.92 Å². The average molecular weight is 279 g/mol. The number of thioether (sulfide) groups is 1. The molecule has 1 N–H and O–H groups in total. The van der Waals surface area contributed by atoms with Crippen molar-refractivity contribution in [1.29, 1.82) is 0 Å². The molecule has 0 aliphatic rings. The minimum Gasteiger partial charge on any atom is -0.309 e. The molecule has 1 aromatic rings. The topological polar surface area (TPSA) is 12.0 Å². The summed E-state index contributed by atoms with van der Waals surface area (Å²) in [5.74, 6) is 1.96. The fourth-order valence-corrected chi connectivity index (χ4v) is 3.90. The molecule has 0 saturated heterocycles. The summed E-state index contributed by atoms with van der Waals surface area (Å²) < 4.78 is 0. The molecule has 0 saturated carbocycles. The van der Waals surface area contributed by atoms with Gasteiger partial charge >= 0.3 is 0 Å². The molecule has 0 amide bonds. The van der Waals surface area contributed by atoms with Crippen LogP contribution >= 0.6 is 11.8 Å². The predicted octanol–water partition coefficient (Wildman–Crippen LogP) is 4.90. The van der Waals surface area contributed by atoms with Crippen LogP contribution in [0.1, 0.15) is 52.1 Å². The minimum absolute atomic E-state index is 0.466. The third-order valence-corrected chi connectivity index (χ3v) is 5.10. The molecule has 2 heteroatoms. The molecule has 0 aliphatic carbocycles. The van der Waals surface area contributed by atoms with Gasteiger partial charge in [0, 0.05) is 11.3 Å². The van der Waals surface area contributed by atoms with Crippen molar-refractivity contribution in [3.63, 3.8) is 0 Å². The largest absolute Gasteiger partial charge is 0.309 e. The highest BCUT2D eigenvalue weighted by Gasteiger charge is 2.25. The summed E-state index contributed by atoms with van der Waals surface area (Å²) in [7, 11) is 0. The number of nitrogens with one attached hydrogen (secondary N) is 1. The van der Waals surface area contributed by atoms with E-state index in [1.54, 1.807) is 0 Å². The SMILES string of the molecule is CCCCSC(C(C)C)C(NCC)c1ccccc1. The van der Waals surface area contributed by atoms with Crippen LogP contribution in [0.2, 0.25) is 0 Å². The Labute approximate surface area is 123 Å². The van der Waals surface area contributed by atoms with Crippen LogP contribution in [-0.2, 0) is 0 Å². The molecule has 0 bridgehead atoms. The molecule has 1 nitrogen and oxygen atoms in total. The monoisotopic (exact) mass is 279 g/mol. The van der Waals surface area contributed by atoms with Gasteiger partial charge < -0.3 is 5.32 Å². The lowest BCUT2D eigenvalue weighted by Crippen LogP contribution is -2.33. The van der Waals surface area contributed by atoms with Gasteiger partial charge in [-0.05, 0) is 30.2 Å². The molecule has 108 valence electrons. The smallest absolute Gasteiger partial charge is 0.0443 e. The normalized spacial score (nSPS) is 14.6. The molecule has 1 aromatic carbocycles. The van der Waals surface area contributed by atoms with Gasteiger partial charge in [0.1, 0.15) is 0 Å². The van der Waals surface area contributed by atoms with Crippen molar-refractivity contribution >= 4 is 11.8 Å². The molecule has 19 heavy (non-hydrogen) atoms. The second-order valence-electron chi connectivity index (χ2n) is 5.38. The van der Waals surface area contributed by atoms with Gasteiger partial charge in [0.25, 0.3) is 0 Å². The Morgan fingerprint density at radius 3 is 2.32 bits per heavy atom. The Kier molecular flexibility index (Phi) is 8.24. The molecule has 2 unspecified atom stereocenters. The van der Waals surface area contributed by atoms with E-state index >= 15 is 0 Å². The van der Waals surface area contributed by atoms with Crippen molar-refractivity contribution in [2.45, 2.75) is 51.8 Å². The Hall–Kier alpha value is -0.470. The predicted molar refractivity (Wildman–Crippen MR) is 88.9 cm³/mol. The Bertz CT molecular complexity index is 323. The van der Waals surface area contributed by atoms with Crippen LogP contribution < -0.4 is 5.32 Å². The molecule has 0 aromatic heterocycles. The lowest BCUT2D eigenvalue weighted by atomic mass is 9.96. The fourth-order valence-electron chi connectivity index (χ4n) is 2.34. The number of unbranched alkanes of at least 4 members (excludes halogenated alkanes) is 1. The maximum atomic E-state index is 3.69. The minimum atomic E-state index is 0.466. The zero-order valence-corrected chi connectivity index (χ0v) is 13.7. The van der Waals surface area contributed by atoms with E-state index in [9.17, 15) is 0 Å². The first-order valence-corrected chi connectivity index (χ1v) is 8.65. The highest BCUT2D eigenvalue weighted by atomic mass is 32.2. The highest BCUT2D eigenvalue weighted by Crippen LogP contribution is 2.32. The van der Waals surface area contributed by atoms with E-state index in [1.165, 1.54) is 24.2 Å². The van der Waals surface area contributed by atoms with E-state index in [0.29, 0.717) is 17.2 Å². The van der Waals surface area contributed by atoms with Crippen LogP contribution in [0.15, 0.2) is 30.3 Å². The molecule has 1 rings (SSSR count). The van der Waals surface area contributed by atoms with E-state index in [2.05, 4.69) is 75.1 Å². The van der Waals surface area contributed by atoms with Crippen molar-refractivity contribution < 1.29 is 0 Å². The summed E-state index contributed by atoms with van der Waals surface area (Å²) >= 11 is 2.13. The summed E-state index contributed by atoms with van der Waals surface area (Å²) in [6, 6.07) is 11.4. The lowest BCUT2D eigenvalue weighted by molar-refractivity contribution is 0.453. The molecule has 0 aliphatic heterocycles. The van der Waals surface area contributed by atoms with Gasteiger partial charge in [-0.15, -0.1) is 0 Å². The zero-order chi connectivity index (χ0) is 14.1. The average Bonchev–Trinajstić information content (AvgIpc) is 2.42. The van der Waals surface area contributed by atoms with Gasteiger partial charge in [0.2, 0.25) is 0 Å². The Morgan fingerprint density at radius 2 is 1.79 bits per heavy atom. The Balaban J connectivity index is 2.80. The highest BCUT2D eigenvalue weighted by molar-refractivity contribution is 7.99. The Morgan fingerprint density at radius 1 is 1.11 bits per heavy atom. The molecule has 0 radical (unpaired) electrons. The number of benzene rings is 1. The third-order valence-electron chi connectivity index (χ3n) is 3.38. The van der Waals surface area contributed by atoms with E-state index in [0.717, 1.165) is 6.54 Å². The first-order valence-electron chi connectivity index (χ1n) is 7.60. The fraction of sp³-hybridized carbons (Fsp3) is 0.647. The zero-order valence-electron chi connectivity index (χ0n) is 12.9. The van der Waals surface area contributed by atoms with Gasteiger partial charge in [-0.25, -0.2) is 0 Å². The van der Waals surface area contributed by atoms with Crippen molar-refractivity contribution in [2.75, 3.05) is 12.3 Å². The van der Waals surface area contributed by atoms with E-state index in [-0.39, 0.29) is 0 Å². The van der Waals surface area contributed by atoms with Gasteiger partial charge in [-0.2, -0.15) is 11.8 Å². The lowest BCUT2D eigenvalue weighted by Gasteiger charge is -2.31. The van der Waals surface area contributed by atoms with Crippen LogP contribution in [-0.4, -0.2) is 17.5 Å². The summed E-state index contributed by atoms with van der Waals surface area (Å²) in [6.45, 7) is 10.2. The molecule has 0 spiro atoms. The first-order chi connectivity index (χ1) is 9.20. The van der Waals surface area contributed by atoms with Crippen LogP contribution in [0.5, 0.6) is 0 Å². The number of hydrogen-bond donors (Lipinski definition) is 1. The van der Waals surface area contributed by atoms with Crippen LogP contribution in [0.25, 0.3) is 0 Å². The van der Waals surface area contributed by atoms with Gasteiger partial charge in [-0.1, -0.05) is 64.4 Å². The second-order valence-corrected chi connectivity index (χ2v) is 6.66. The van der Waals surface area contributed by atoms with E-state index in [4.69, 9.17) is 0 Å². The first kappa shape index (κ1) is 16.6. The maximum Gasteiger partial charge on any atom is 0.0443 e. The summed E-state index contributed by atoms with van der Waals surface area (Å²) in [6.07, 6.45) is 2.61. The van der Waals surface area contributed by atoms with Crippen molar-refractivity contribution in [1.82, 2.24) is 5.32 Å². The summed E-state index contributed by atoms with van der Waals surface area (Å²) in [5.41, 5.74) is 1.42. The molecular formula is C17H29NS. The van der Waals surface area contributed by atoms with E-state index < -0.39 is 0 Å². The van der Waals surface area contributed by atoms with Crippen molar-refractivity contribution in [3.05, 3.63) is 35.9 Å². The van der Waals surface area contributed by atoms with Gasteiger partial charge in [0.15, 0.2) is 0 Å². The third kappa shape index (κ3) is 5.58. The number of hydrogen-bond acceptors (Lipinski definition) is 2. The van der Waals surface area contributed by atoms with Crippen molar-refractivity contribution in [2.24, 2.45) is 5.92 Å². The van der Waals surface area contributed by atoms with E-state index in [1.807, 2.05) is 0 Å². The van der Waals surface area contributed by atoms with Gasteiger partial charge in [0.05, 0.1) is 0 Å². The van der Waals surface area contributed by atoms with Crippen LogP contribution in [0.3, 0.4) is 0 Å². The maximum absolute atomic E-state index is 3.69. The summed E-state index contributed by atoms with van der Waals surface area (Å²) in [4.78, 5) is 0. The van der Waals surface area contributed by atoms with Crippen molar-refractivity contribution in [3.8, 4) is 0 Å². The molecule has 0 fully saturated rings. The quantitative estimate of drug-likeness (QED) is 0.646. The standard InChI is InChI=1S/C17H29NS/c1-5-7-13-19-17(14(3)4)16(18-6-2)15-11-9-8-10-12-15/h8-12,14,16-18H,5-7,13H2,1-4H3. The second kappa shape index (κ2) is 9.44.